The highest BCUT2D eigenvalue weighted by atomic mass is 16.3. The molecule has 19 heavy (non-hydrogen) atoms. The maximum absolute atomic E-state index is 12.2. The quantitative estimate of drug-likeness (QED) is 0.851. The molecule has 3 rings (SSSR count). The van der Waals surface area contributed by atoms with E-state index in [1.54, 1.807) is 12.6 Å². The lowest BCUT2D eigenvalue weighted by molar-refractivity contribution is -0.126. The number of imidazole rings is 1. The second-order valence-corrected chi connectivity index (χ2v) is 4.76. The third-order valence-corrected chi connectivity index (χ3v) is 3.45. The standard InChI is InChI=1S/C13H16N4O2/c1-17-7-11-10(15-8-16-11)5-12(17)13(18)14-6-9-3-2-4-19-9/h2-4,8,12H,5-7H2,1H3,(H,14,18)(H,15,16)/t12-/m0/s1. The van der Waals surface area contributed by atoms with Crippen molar-refractivity contribution in [3.63, 3.8) is 0 Å². The van der Waals surface area contributed by atoms with E-state index < -0.39 is 0 Å². The number of furan rings is 1. The minimum Gasteiger partial charge on any atom is -0.467 e. The van der Waals surface area contributed by atoms with Gasteiger partial charge in [0, 0.05) is 13.0 Å². The number of rotatable bonds is 3. The molecule has 0 saturated heterocycles. The van der Waals surface area contributed by atoms with E-state index in [-0.39, 0.29) is 11.9 Å². The Labute approximate surface area is 110 Å². The Kier molecular flexibility index (Phi) is 3.08. The molecule has 1 amide bonds. The minimum absolute atomic E-state index is 0.00699. The van der Waals surface area contributed by atoms with Gasteiger partial charge in [-0.3, -0.25) is 9.69 Å². The Morgan fingerprint density at radius 1 is 1.68 bits per heavy atom. The van der Waals surface area contributed by atoms with Crippen molar-refractivity contribution in [1.29, 1.82) is 0 Å². The van der Waals surface area contributed by atoms with Crippen LogP contribution in [0.1, 0.15) is 17.1 Å². The van der Waals surface area contributed by atoms with Crippen LogP contribution in [0.25, 0.3) is 0 Å². The van der Waals surface area contributed by atoms with Crippen LogP contribution in [0.5, 0.6) is 0 Å². The molecule has 0 saturated carbocycles. The topological polar surface area (TPSA) is 74.2 Å². The van der Waals surface area contributed by atoms with Gasteiger partial charge < -0.3 is 14.7 Å². The van der Waals surface area contributed by atoms with Gasteiger partial charge in [-0.25, -0.2) is 4.98 Å². The van der Waals surface area contributed by atoms with Crippen LogP contribution < -0.4 is 5.32 Å². The van der Waals surface area contributed by atoms with Crippen molar-refractivity contribution in [3.8, 4) is 0 Å². The third kappa shape index (κ3) is 2.39. The van der Waals surface area contributed by atoms with Crippen LogP contribution in [0.2, 0.25) is 0 Å². The van der Waals surface area contributed by atoms with E-state index in [0.29, 0.717) is 19.5 Å². The van der Waals surface area contributed by atoms with Gasteiger partial charge >= 0.3 is 0 Å². The van der Waals surface area contributed by atoms with E-state index in [0.717, 1.165) is 17.1 Å². The normalized spacial score (nSPS) is 19.1. The molecule has 6 heteroatoms. The molecule has 100 valence electrons. The maximum atomic E-state index is 12.2. The number of aromatic nitrogens is 2. The van der Waals surface area contributed by atoms with Crippen LogP contribution in [-0.2, 0) is 24.3 Å². The molecule has 0 spiro atoms. The number of hydrogen-bond donors (Lipinski definition) is 2. The van der Waals surface area contributed by atoms with Crippen molar-refractivity contribution >= 4 is 5.91 Å². The minimum atomic E-state index is -0.175. The summed E-state index contributed by atoms with van der Waals surface area (Å²) in [6.45, 7) is 1.14. The predicted octanol–water partition coefficient (Wildman–Crippen LogP) is 0.676. The van der Waals surface area contributed by atoms with Gasteiger partial charge in [0.25, 0.3) is 0 Å². The van der Waals surface area contributed by atoms with Crippen molar-refractivity contribution < 1.29 is 9.21 Å². The maximum Gasteiger partial charge on any atom is 0.238 e. The number of fused-ring (bicyclic) bond motifs is 1. The van der Waals surface area contributed by atoms with E-state index in [1.807, 2.05) is 24.1 Å². The highest BCUT2D eigenvalue weighted by molar-refractivity contribution is 5.82. The number of nitrogens with zero attached hydrogens (tertiary/aromatic N) is 2. The highest BCUT2D eigenvalue weighted by Gasteiger charge is 2.30. The fourth-order valence-corrected chi connectivity index (χ4v) is 2.36. The van der Waals surface area contributed by atoms with Gasteiger partial charge in [-0.15, -0.1) is 0 Å². The summed E-state index contributed by atoms with van der Waals surface area (Å²) in [6.07, 6.45) is 3.92. The average Bonchev–Trinajstić information content (AvgIpc) is 3.05. The number of likely N-dealkylation sites (N-methyl/N-ethyl adjacent to an activating group) is 1. The molecule has 0 fully saturated rings. The number of aromatic amines is 1. The van der Waals surface area contributed by atoms with Crippen molar-refractivity contribution in [2.45, 2.75) is 25.6 Å². The van der Waals surface area contributed by atoms with Crippen molar-refractivity contribution in [1.82, 2.24) is 20.2 Å². The molecule has 2 aromatic rings. The number of hydrogen-bond acceptors (Lipinski definition) is 4. The molecular weight excluding hydrogens is 244 g/mol. The summed E-state index contributed by atoms with van der Waals surface area (Å²) in [5, 5.41) is 2.90. The molecule has 0 bridgehead atoms. The molecule has 6 nitrogen and oxygen atoms in total. The smallest absolute Gasteiger partial charge is 0.238 e. The fourth-order valence-electron chi connectivity index (χ4n) is 2.36. The Balaban J connectivity index is 1.64. The lowest BCUT2D eigenvalue weighted by Gasteiger charge is -2.30. The zero-order valence-corrected chi connectivity index (χ0v) is 10.7. The van der Waals surface area contributed by atoms with Crippen molar-refractivity contribution in [2.75, 3.05) is 7.05 Å². The van der Waals surface area contributed by atoms with Gasteiger partial charge in [0.1, 0.15) is 5.76 Å². The van der Waals surface area contributed by atoms with Crippen LogP contribution in [0, 0.1) is 0 Å². The first kappa shape index (κ1) is 12.0. The zero-order valence-electron chi connectivity index (χ0n) is 10.7. The monoisotopic (exact) mass is 260 g/mol. The lowest BCUT2D eigenvalue weighted by atomic mass is 10.0. The van der Waals surface area contributed by atoms with Crippen LogP contribution >= 0.6 is 0 Å². The second kappa shape index (κ2) is 4.89. The summed E-state index contributed by atoms with van der Waals surface area (Å²) in [7, 11) is 1.95. The SMILES string of the molecule is CN1Cc2[nH]cnc2C[C@H]1C(=O)NCc1ccco1. The molecule has 1 atom stereocenters. The van der Waals surface area contributed by atoms with Gasteiger partial charge in [0.2, 0.25) is 5.91 Å². The molecule has 0 aromatic carbocycles. The largest absolute Gasteiger partial charge is 0.467 e. The first-order valence-electron chi connectivity index (χ1n) is 6.25. The van der Waals surface area contributed by atoms with Crippen molar-refractivity contribution in [2.24, 2.45) is 0 Å². The van der Waals surface area contributed by atoms with Gasteiger partial charge in [-0.2, -0.15) is 0 Å². The Bertz CT molecular complexity index is 561. The Morgan fingerprint density at radius 2 is 2.58 bits per heavy atom. The number of carbonyl (C=O) groups excluding carboxylic acids is 1. The zero-order chi connectivity index (χ0) is 13.2. The Hall–Kier alpha value is -2.08. The van der Waals surface area contributed by atoms with E-state index in [9.17, 15) is 4.79 Å². The lowest BCUT2D eigenvalue weighted by Crippen LogP contribution is -2.48. The molecule has 3 heterocycles. The average molecular weight is 260 g/mol. The van der Waals surface area contributed by atoms with E-state index in [2.05, 4.69) is 15.3 Å². The summed E-state index contributed by atoms with van der Waals surface area (Å²) in [5.74, 6) is 0.764. The summed E-state index contributed by atoms with van der Waals surface area (Å²) in [5.41, 5.74) is 2.08. The molecule has 2 N–H and O–H groups in total. The summed E-state index contributed by atoms with van der Waals surface area (Å²) in [6, 6.07) is 3.48. The van der Waals surface area contributed by atoms with Gasteiger partial charge in [0.15, 0.2) is 0 Å². The van der Waals surface area contributed by atoms with E-state index >= 15 is 0 Å². The summed E-state index contributed by atoms with van der Waals surface area (Å²) in [4.78, 5) is 21.6. The molecule has 0 unspecified atom stereocenters. The molecule has 2 aromatic heterocycles. The first-order valence-corrected chi connectivity index (χ1v) is 6.25. The summed E-state index contributed by atoms with van der Waals surface area (Å²) < 4.78 is 5.20. The number of H-pyrrole nitrogens is 1. The van der Waals surface area contributed by atoms with E-state index in [1.165, 1.54) is 0 Å². The van der Waals surface area contributed by atoms with Crippen LogP contribution in [0.4, 0.5) is 0 Å². The number of carbonyl (C=O) groups is 1. The van der Waals surface area contributed by atoms with Gasteiger partial charge in [0.05, 0.1) is 36.6 Å². The molecule has 0 aliphatic carbocycles. The van der Waals surface area contributed by atoms with E-state index in [4.69, 9.17) is 4.42 Å². The fraction of sp³-hybridized carbons (Fsp3) is 0.385. The van der Waals surface area contributed by atoms with Crippen LogP contribution in [-0.4, -0.2) is 33.9 Å². The van der Waals surface area contributed by atoms with Gasteiger partial charge in [-0.1, -0.05) is 0 Å². The second-order valence-electron chi connectivity index (χ2n) is 4.76. The molecular formula is C13H16N4O2. The molecule has 0 radical (unpaired) electrons. The molecule has 1 aliphatic heterocycles. The van der Waals surface area contributed by atoms with Crippen molar-refractivity contribution in [3.05, 3.63) is 41.9 Å². The number of nitrogens with one attached hydrogen (secondary N) is 2. The third-order valence-electron chi connectivity index (χ3n) is 3.45. The van der Waals surface area contributed by atoms with Crippen LogP contribution in [0.3, 0.4) is 0 Å². The summed E-state index contributed by atoms with van der Waals surface area (Å²) >= 11 is 0. The van der Waals surface area contributed by atoms with Gasteiger partial charge in [-0.05, 0) is 19.2 Å². The number of amides is 1. The molecule has 1 aliphatic rings. The Morgan fingerprint density at radius 3 is 3.37 bits per heavy atom. The predicted molar refractivity (Wildman–Crippen MR) is 68.1 cm³/mol. The highest BCUT2D eigenvalue weighted by Crippen LogP contribution is 2.18. The van der Waals surface area contributed by atoms with Crippen LogP contribution in [0.15, 0.2) is 29.1 Å². The first-order chi connectivity index (χ1) is 9.24.